The Morgan fingerprint density at radius 1 is 1.47 bits per heavy atom. The minimum absolute atomic E-state index is 0.0738. The molecule has 0 bridgehead atoms. The summed E-state index contributed by atoms with van der Waals surface area (Å²) in [4.78, 5) is 0. The highest BCUT2D eigenvalue weighted by atomic mass is 35.5. The van der Waals surface area contributed by atoms with E-state index < -0.39 is 0 Å². The second-order valence-corrected chi connectivity index (χ2v) is 5.80. The van der Waals surface area contributed by atoms with Gasteiger partial charge in [-0.1, -0.05) is 11.6 Å². The maximum Gasteiger partial charge on any atom is 0.125 e. The van der Waals surface area contributed by atoms with Gasteiger partial charge in [0.15, 0.2) is 0 Å². The van der Waals surface area contributed by atoms with Crippen LogP contribution in [0, 0.1) is 5.41 Å². The number of ether oxygens (including phenoxy) is 1. The molecule has 1 aliphatic heterocycles. The van der Waals surface area contributed by atoms with Crippen molar-refractivity contribution in [1.29, 1.82) is 0 Å². The van der Waals surface area contributed by atoms with Crippen molar-refractivity contribution >= 4 is 11.6 Å². The first-order valence-electron chi connectivity index (χ1n) is 6.23. The van der Waals surface area contributed by atoms with Crippen LogP contribution in [-0.4, -0.2) is 17.8 Å². The molecule has 92 valence electrons. The minimum Gasteiger partial charge on any atom is -0.493 e. The third kappa shape index (κ3) is 1.94. The summed E-state index contributed by atoms with van der Waals surface area (Å²) >= 11 is 6.14. The van der Waals surface area contributed by atoms with Gasteiger partial charge in [0.2, 0.25) is 0 Å². The fraction of sp³-hybridized carbons (Fsp3) is 0.571. The molecule has 0 amide bonds. The molecule has 17 heavy (non-hydrogen) atoms. The van der Waals surface area contributed by atoms with Crippen LogP contribution in [0.1, 0.15) is 30.9 Å². The van der Waals surface area contributed by atoms with E-state index in [1.807, 2.05) is 19.1 Å². The van der Waals surface area contributed by atoms with E-state index in [9.17, 15) is 5.11 Å². The molecule has 2 aliphatic rings. The topological polar surface area (TPSA) is 29.5 Å². The van der Waals surface area contributed by atoms with Crippen molar-refractivity contribution in [3.8, 4) is 5.75 Å². The van der Waals surface area contributed by atoms with E-state index in [1.165, 1.54) is 11.1 Å². The normalized spacial score (nSPS) is 21.8. The van der Waals surface area contributed by atoms with Gasteiger partial charge in [0, 0.05) is 16.9 Å². The summed E-state index contributed by atoms with van der Waals surface area (Å²) in [6.07, 6.45) is 3.79. The van der Waals surface area contributed by atoms with Crippen LogP contribution in [-0.2, 0) is 12.8 Å². The van der Waals surface area contributed by atoms with Gasteiger partial charge in [-0.3, -0.25) is 0 Å². The third-order valence-electron chi connectivity index (χ3n) is 4.15. The highest BCUT2D eigenvalue weighted by Gasteiger charge is 2.47. The van der Waals surface area contributed by atoms with E-state index in [0.717, 1.165) is 43.1 Å². The molecule has 1 atom stereocenters. The predicted octanol–water partition coefficient (Wildman–Crippen LogP) is 2.98. The summed E-state index contributed by atoms with van der Waals surface area (Å²) < 4.78 is 5.70. The first-order valence-corrected chi connectivity index (χ1v) is 6.61. The van der Waals surface area contributed by atoms with Gasteiger partial charge in [0.25, 0.3) is 0 Å². The summed E-state index contributed by atoms with van der Waals surface area (Å²) in [6.45, 7) is 2.64. The van der Waals surface area contributed by atoms with Crippen molar-refractivity contribution in [2.75, 3.05) is 6.61 Å². The Balaban J connectivity index is 1.93. The Hall–Kier alpha value is -0.730. The number of hydrogen-bond donors (Lipinski definition) is 1. The van der Waals surface area contributed by atoms with Gasteiger partial charge in [-0.2, -0.15) is 0 Å². The highest BCUT2D eigenvalue weighted by molar-refractivity contribution is 6.30. The quantitative estimate of drug-likeness (QED) is 0.896. The fourth-order valence-corrected chi connectivity index (χ4v) is 3.02. The van der Waals surface area contributed by atoms with Crippen molar-refractivity contribution in [3.63, 3.8) is 0 Å². The lowest BCUT2D eigenvalue weighted by atomic mass is 9.90. The van der Waals surface area contributed by atoms with E-state index in [4.69, 9.17) is 16.3 Å². The van der Waals surface area contributed by atoms with Gasteiger partial charge in [-0.15, -0.1) is 0 Å². The number of halogens is 1. The van der Waals surface area contributed by atoms with Crippen LogP contribution in [0.25, 0.3) is 0 Å². The lowest BCUT2D eigenvalue weighted by Gasteiger charge is -2.20. The number of benzene rings is 1. The summed E-state index contributed by atoms with van der Waals surface area (Å²) in [6, 6.07) is 3.99. The van der Waals surface area contributed by atoms with E-state index in [1.54, 1.807) is 0 Å². The molecule has 1 fully saturated rings. The molecule has 0 spiro atoms. The van der Waals surface area contributed by atoms with E-state index >= 15 is 0 Å². The minimum atomic E-state index is -0.251. The van der Waals surface area contributed by atoms with Crippen molar-refractivity contribution in [2.24, 2.45) is 5.41 Å². The number of fused-ring (bicyclic) bond motifs is 1. The second kappa shape index (κ2) is 3.89. The predicted molar refractivity (Wildman–Crippen MR) is 67.7 cm³/mol. The van der Waals surface area contributed by atoms with Gasteiger partial charge in [-0.05, 0) is 49.4 Å². The Bertz CT molecular complexity index is 450. The fourth-order valence-electron chi connectivity index (χ4n) is 2.76. The number of hydrogen-bond acceptors (Lipinski definition) is 2. The number of rotatable bonds is 3. The lowest BCUT2D eigenvalue weighted by molar-refractivity contribution is 0.110. The van der Waals surface area contributed by atoms with Crippen LogP contribution in [0.4, 0.5) is 0 Å². The highest BCUT2D eigenvalue weighted by Crippen LogP contribution is 2.52. The van der Waals surface area contributed by atoms with Gasteiger partial charge in [0.05, 0.1) is 12.7 Å². The van der Waals surface area contributed by atoms with Crippen LogP contribution in [0.2, 0.25) is 5.02 Å². The summed E-state index contributed by atoms with van der Waals surface area (Å²) in [5.41, 5.74) is 2.46. The van der Waals surface area contributed by atoms with Crippen LogP contribution >= 0.6 is 11.6 Å². The lowest BCUT2D eigenvalue weighted by Crippen LogP contribution is -2.20. The monoisotopic (exact) mass is 252 g/mol. The largest absolute Gasteiger partial charge is 0.493 e. The summed E-state index contributed by atoms with van der Waals surface area (Å²) in [5, 5.41) is 10.6. The molecule has 1 unspecified atom stereocenters. The number of aliphatic hydroxyl groups is 1. The molecule has 1 aliphatic carbocycles. The Morgan fingerprint density at radius 3 is 2.88 bits per heavy atom. The molecular formula is C14H17ClO2. The molecule has 3 rings (SSSR count). The average molecular weight is 253 g/mol. The SMILES string of the molecule is CC(O)C1(Cc2cc(Cl)cc3c2OCC3)CC1. The molecule has 0 radical (unpaired) electrons. The molecule has 0 saturated heterocycles. The molecule has 1 aromatic carbocycles. The zero-order valence-corrected chi connectivity index (χ0v) is 10.8. The summed E-state index contributed by atoms with van der Waals surface area (Å²) in [7, 11) is 0. The molecular weight excluding hydrogens is 236 g/mol. The summed E-state index contributed by atoms with van der Waals surface area (Å²) in [5.74, 6) is 1.02. The van der Waals surface area contributed by atoms with Gasteiger partial charge in [-0.25, -0.2) is 0 Å². The maximum atomic E-state index is 9.85. The van der Waals surface area contributed by atoms with Crippen molar-refractivity contribution in [2.45, 2.75) is 38.7 Å². The Kier molecular flexibility index (Phi) is 2.60. The Labute approximate surface area is 107 Å². The first kappa shape index (κ1) is 11.4. The smallest absolute Gasteiger partial charge is 0.125 e. The molecule has 1 saturated carbocycles. The molecule has 1 N–H and O–H groups in total. The molecule has 2 nitrogen and oxygen atoms in total. The zero-order chi connectivity index (χ0) is 12.0. The van der Waals surface area contributed by atoms with Crippen molar-refractivity contribution < 1.29 is 9.84 Å². The molecule has 3 heteroatoms. The molecule has 1 heterocycles. The standard InChI is InChI=1S/C14H17ClO2/c1-9(16)14(3-4-14)8-11-7-12(15)6-10-2-5-17-13(10)11/h6-7,9,16H,2-5,8H2,1H3. The van der Waals surface area contributed by atoms with Crippen molar-refractivity contribution in [1.82, 2.24) is 0 Å². The second-order valence-electron chi connectivity index (χ2n) is 5.37. The molecule has 0 aromatic heterocycles. The molecule has 1 aromatic rings. The van der Waals surface area contributed by atoms with E-state index in [0.29, 0.717) is 0 Å². The van der Waals surface area contributed by atoms with Crippen molar-refractivity contribution in [3.05, 3.63) is 28.3 Å². The average Bonchev–Trinajstić information content (AvgIpc) is 2.88. The maximum absolute atomic E-state index is 9.85. The first-order chi connectivity index (χ1) is 8.11. The van der Waals surface area contributed by atoms with E-state index in [-0.39, 0.29) is 11.5 Å². The third-order valence-corrected chi connectivity index (χ3v) is 4.36. The zero-order valence-electron chi connectivity index (χ0n) is 10.0. The van der Waals surface area contributed by atoms with Crippen LogP contribution < -0.4 is 4.74 Å². The van der Waals surface area contributed by atoms with Gasteiger partial charge >= 0.3 is 0 Å². The van der Waals surface area contributed by atoms with Gasteiger partial charge < -0.3 is 9.84 Å². The van der Waals surface area contributed by atoms with Crippen LogP contribution in [0.3, 0.4) is 0 Å². The number of aliphatic hydroxyl groups excluding tert-OH is 1. The van der Waals surface area contributed by atoms with Crippen LogP contribution in [0.5, 0.6) is 5.75 Å². The Morgan fingerprint density at radius 2 is 2.24 bits per heavy atom. The van der Waals surface area contributed by atoms with Crippen LogP contribution in [0.15, 0.2) is 12.1 Å². The van der Waals surface area contributed by atoms with Gasteiger partial charge in [0.1, 0.15) is 5.75 Å². The van der Waals surface area contributed by atoms with E-state index in [2.05, 4.69) is 0 Å².